The molecule has 224 valence electrons. The smallest absolute Gasteiger partial charge is 0.329 e. The molecular weight excluding hydrogens is 538 g/mol. The second-order valence-corrected chi connectivity index (χ2v) is 10.4. The highest BCUT2D eigenvalue weighted by Crippen LogP contribution is 2.23. The fraction of sp³-hybridized carbons (Fsp3) is 0.387. The molecular formula is C31H39N5O6. The van der Waals surface area contributed by atoms with Gasteiger partial charge in [-0.3, -0.25) is 9.59 Å². The minimum Gasteiger partial charge on any atom is -0.464 e. The Hall–Kier alpha value is -4.67. The number of carbonyl (C=O) groups excluding carboxylic acids is 4. The molecule has 11 heteroatoms. The van der Waals surface area contributed by atoms with E-state index in [9.17, 15) is 19.2 Å². The lowest BCUT2D eigenvalue weighted by Gasteiger charge is -2.18. The zero-order valence-electron chi connectivity index (χ0n) is 24.7. The Balaban J connectivity index is 1.60. The number of urea groups is 1. The number of ether oxygens (including phenoxy) is 1. The highest BCUT2D eigenvalue weighted by Gasteiger charge is 2.26. The molecule has 0 radical (unpaired) electrons. The maximum atomic E-state index is 13.0. The molecule has 1 heterocycles. The second kappa shape index (κ2) is 15.4. The average molecular weight is 578 g/mol. The predicted octanol–water partition coefficient (Wildman–Crippen LogP) is 4.68. The Morgan fingerprint density at radius 3 is 2.33 bits per heavy atom. The topological polar surface area (TPSA) is 152 Å². The van der Waals surface area contributed by atoms with Crippen LogP contribution in [0.25, 0.3) is 0 Å². The van der Waals surface area contributed by atoms with Crippen LogP contribution in [-0.4, -0.2) is 41.6 Å². The molecule has 0 saturated carbocycles. The van der Waals surface area contributed by atoms with E-state index in [2.05, 4.69) is 26.4 Å². The van der Waals surface area contributed by atoms with Crippen LogP contribution in [0.4, 0.5) is 16.2 Å². The predicted molar refractivity (Wildman–Crippen MR) is 159 cm³/mol. The molecule has 2 atom stereocenters. The van der Waals surface area contributed by atoms with E-state index >= 15 is 0 Å². The highest BCUT2D eigenvalue weighted by molar-refractivity contribution is 6.00. The summed E-state index contributed by atoms with van der Waals surface area (Å²) in [6.45, 7) is 9.18. The summed E-state index contributed by atoms with van der Waals surface area (Å²) < 4.78 is 10.5. The fourth-order valence-corrected chi connectivity index (χ4v) is 4.33. The van der Waals surface area contributed by atoms with Crippen molar-refractivity contribution >= 4 is 35.2 Å². The third-order valence-electron chi connectivity index (χ3n) is 6.30. The SMILES string of the molecule is CCOC(=O)C(Cc1cc(C(CC(C)C)NC(=O)Cc2ccc(NC(=O)Nc3ccccc3C)cc2)no1)NC(C)=O. The van der Waals surface area contributed by atoms with E-state index in [4.69, 9.17) is 9.26 Å². The van der Waals surface area contributed by atoms with Crippen LogP contribution >= 0.6 is 0 Å². The summed E-state index contributed by atoms with van der Waals surface area (Å²) in [5.41, 5.74) is 3.58. The number of para-hydroxylation sites is 1. The van der Waals surface area contributed by atoms with Gasteiger partial charge in [-0.15, -0.1) is 0 Å². The number of benzene rings is 2. The minimum absolute atomic E-state index is 0.0666. The fourth-order valence-electron chi connectivity index (χ4n) is 4.33. The van der Waals surface area contributed by atoms with Gasteiger partial charge in [0.15, 0.2) is 0 Å². The first-order valence-electron chi connectivity index (χ1n) is 13.9. The summed E-state index contributed by atoms with van der Waals surface area (Å²) in [7, 11) is 0. The number of hydrogen-bond acceptors (Lipinski definition) is 7. The molecule has 2 unspecified atom stereocenters. The van der Waals surface area contributed by atoms with Crippen molar-refractivity contribution in [1.82, 2.24) is 15.8 Å². The molecule has 42 heavy (non-hydrogen) atoms. The Labute approximate surface area is 245 Å². The van der Waals surface area contributed by atoms with Gasteiger partial charge in [0.2, 0.25) is 11.8 Å². The van der Waals surface area contributed by atoms with E-state index in [1.165, 1.54) is 6.92 Å². The van der Waals surface area contributed by atoms with Crippen LogP contribution in [0, 0.1) is 12.8 Å². The molecule has 0 fully saturated rings. The van der Waals surface area contributed by atoms with Gasteiger partial charge >= 0.3 is 12.0 Å². The van der Waals surface area contributed by atoms with E-state index in [0.717, 1.165) is 16.8 Å². The van der Waals surface area contributed by atoms with Crippen LogP contribution in [0.5, 0.6) is 0 Å². The largest absolute Gasteiger partial charge is 0.464 e. The van der Waals surface area contributed by atoms with Crippen LogP contribution in [0.3, 0.4) is 0 Å². The van der Waals surface area contributed by atoms with Crippen molar-refractivity contribution in [1.29, 1.82) is 0 Å². The van der Waals surface area contributed by atoms with Crippen LogP contribution in [0.15, 0.2) is 59.1 Å². The van der Waals surface area contributed by atoms with Crippen LogP contribution in [0.1, 0.15) is 62.7 Å². The van der Waals surface area contributed by atoms with Crippen LogP contribution in [0.2, 0.25) is 0 Å². The summed E-state index contributed by atoms with van der Waals surface area (Å²) in [6.07, 6.45) is 0.809. The van der Waals surface area contributed by atoms with Gasteiger partial charge < -0.3 is 30.5 Å². The quantitative estimate of drug-likeness (QED) is 0.215. The summed E-state index contributed by atoms with van der Waals surface area (Å²) in [5.74, 6) is -0.503. The Bertz CT molecular complexity index is 1370. The molecule has 11 nitrogen and oxygen atoms in total. The van der Waals surface area contributed by atoms with Crippen molar-refractivity contribution in [3.8, 4) is 0 Å². The Kier molecular flexibility index (Phi) is 11.7. The van der Waals surface area contributed by atoms with E-state index in [1.54, 1.807) is 37.3 Å². The summed E-state index contributed by atoms with van der Waals surface area (Å²) in [4.78, 5) is 49.2. The lowest BCUT2D eigenvalue weighted by atomic mass is 10.00. The number of esters is 1. The average Bonchev–Trinajstić information content (AvgIpc) is 3.38. The van der Waals surface area contributed by atoms with E-state index in [1.807, 2.05) is 45.0 Å². The zero-order chi connectivity index (χ0) is 30.6. The summed E-state index contributed by atoms with van der Waals surface area (Å²) in [5, 5.41) is 15.4. The number of carbonyl (C=O) groups is 4. The van der Waals surface area contributed by atoms with Crippen molar-refractivity contribution in [3.63, 3.8) is 0 Å². The molecule has 0 aliphatic carbocycles. The number of amides is 4. The van der Waals surface area contributed by atoms with Gasteiger partial charge in [-0.25, -0.2) is 9.59 Å². The molecule has 4 N–H and O–H groups in total. The third kappa shape index (κ3) is 10.1. The lowest BCUT2D eigenvalue weighted by Crippen LogP contribution is -2.42. The van der Waals surface area contributed by atoms with E-state index in [0.29, 0.717) is 23.6 Å². The molecule has 2 aromatic carbocycles. The molecule has 3 rings (SSSR count). The second-order valence-electron chi connectivity index (χ2n) is 10.4. The Morgan fingerprint density at radius 1 is 0.976 bits per heavy atom. The standard InChI is InChI=1S/C31H39N5O6/c1-6-41-30(39)28(32-21(5)37)18-24-17-27(36-42-24)26(15-19(2)3)34-29(38)16-22-11-13-23(14-12-22)33-31(40)35-25-10-8-7-9-20(25)4/h7-14,17,19,26,28H,6,15-16,18H2,1-5H3,(H,32,37)(H,34,38)(H2,33,35,40). The molecule has 4 amide bonds. The third-order valence-corrected chi connectivity index (χ3v) is 6.30. The monoisotopic (exact) mass is 577 g/mol. The van der Waals surface area contributed by atoms with Gasteiger partial charge in [0.1, 0.15) is 17.5 Å². The Morgan fingerprint density at radius 2 is 1.69 bits per heavy atom. The number of aryl methyl sites for hydroxylation is 1. The number of rotatable bonds is 13. The number of nitrogens with one attached hydrogen (secondary N) is 4. The lowest BCUT2D eigenvalue weighted by molar-refractivity contribution is -0.147. The van der Waals surface area contributed by atoms with Crippen molar-refractivity contribution < 1.29 is 28.4 Å². The van der Waals surface area contributed by atoms with Crippen molar-refractivity contribution in [2.45, 2.75) is 66.0 Å². The minimum atomic E-state index is -0.910. The molecule has 1 aromatic heterocycles. The number of anilines is 2. The maximum absolute atomic E-state index is 13.0. The first-order valence-corrected chi connectivity index (χ1v) is 13.9. The maximum Gasteiger partial charge on any atom is 0.329 e. The van der Waals surface area contributed by atoms with E-state index in [-0.39, 0.29) is 43.2 Å². The zero-order valence-corrected chi connectivity index (χ0v) is 24.7. The normalized spacial score (nSPS) is 12.2. The molecule has 3 aromatic rings. The molecule has 0 aliphatic heterocycles. The van der Waals surface area contributed by atoms with Gasteiger partial charge in [-0.1, -0.05) is 49.3 Å². The summed E-state index contributed by atoms with van der Waals surface area (Å²) in [6, 6.07) is 14.6. The van der Waals surface area contributed by atoms with Crippen molar-refractivity contribution in [2.24, 2.45) is 5.92 Å². The van der Waals surface area contributed by atoms with Crippen LogP contribution in [-0.2, 0) is 32.0 Å². The first kappa shape index (κ1) is 31.9. The van der Waals surface area contributed by atoms with Gasteiger partial charge in [0.05, 0.1) is 19.1 Å². The van der Waals surface area contributed by atoms with Gasteiger partial charge in [-0.2, -0.15) is 0 Å². The number of nitrogens with zero attached hydrogens (tertiary/aromatic N) is 1. The van der Waals surface area contributed by atoms with E-state index < -0.39 is 18.1 Å². The highest BCUT2D eigenvalue weighted by atomic mass is 16.5. The molecule has 0 spiro atoms. The number of aromatic nitrogens is 1. The molecule has 0 bridgehead atoms. The first-order chi connectivity index (χ1) is 20.0. The van der Waals surface area contributed by atoms with Gasteiger partial charge in [-0.05, 0) is 55.5 Å². The van der Waals surface area contributed by atoms with Gasteiger partial charge in [0, 0.05) is 30.8 Å². The molecule has 0 aliphatic rings. The van der Waals surface area contributed by atoms with Crippen molar-refractivity contribution in [2.75, 3.05) is 17.2 Å². The number of hydrogen-bond donors (Lipinski definition) is 4. The molecule has 0 saturated heterocycles. The van der Waals surface area contributed by atoms with Gasteiger partial charge in [0.25, 0.3) is 0 Å². The van der Waals surface area contributed by atoms with Crippen molar-refractivity contribution in [3.05, 3.63) is 77.2 Å². The summed E-state index contributed by atoms with van der Waals surface area (Å²) >= 11 is 0. The van der Waals surface area contributed by atoms with Crippen LogP contribution < -0.4 is 21.3 Å².